The standard InChI is InChI=1S/C13H11BrClNO2/c14-11-1-2-16(13(18)6-11)7-9-3-10(8-17)5-12(15)4-9/h1-6,17H,7-8H2. The van der Waals surface area contributed by atoms with Crippen molar-refractivity contribution in [3.63, 3.8) is 0 Å². The van der Waals surface area contributed by atoms with Gasteiger partial charge in [0.05, 0.1) is 13.2 Å². The molecule has 0 aliphatic rings. The molecule has 0 aliphatic carbocycles. The van der Waals surface area contributed by atoms with Crippen LogP contribution in [0.25, 0.3) is 0 Å². The number of halogens is 2. The summed E-state index contributed by atoms with van der Waals surface area (Å²) >= 11 is 9.20. The van der Waals surface area contributed by atoms with E-state index in [1.807, 2.05) is 6.07 Å². The molecule has 18 heavy (non-hydrogen) atoms. The van der Waals surface area contributed by atoms with E-state index in [0.29, 0.717) is 11.6 Å². The van der Waals surface area contributed by atoms with Crippen LogP contribution in [-0.2, 0) is 13.2 Å². The van der Waals surface area contributed by atoms with Gasteiger partial charge >= 0.3 is 0 Å². The molecule has 1 heterocycles. The molecule has 1 N–H and O–H groups in total. The van der Waals surface area contributed by atoms with Crippen LogP contribution < -0.4 is 5.56 Å². The Morgan fingerprint density at radius 2 is 1.94 bits per heavy atom. The normalized spacial score (nSPS) is 10.6. The number of nitrogens with zero attached hydrogens (tertiary/aromatic N) is 1. The molecule has 0 saturated heterocycles. The molecule has 3 nitrogen and oxygen atoms in total. The van der Waals surface area contributed by atoms with Crippen molar-refractivity contribution in [1.29, 1.82) is 0 Å². The van der Waals surface area contributed by atoms with Gasteiger partial charge in [-0.15, -0.1) is 0 Å². The van der Waals surface area contributed by atoms with Gasteiger partial charge in [0.25, 0.3) is 5.56 Å². The van der Waals surface area contributed by atoms with Crippen LogP contribution in [0.15, 0.2) is 45.8 Å². The molecule has 0 radical (unpaired) electrons. The smallest absolute Gasteiger partial charge is 0.251 e. The third-order valence-electron chi connectivity index (χ3n) is 2.51. The summed E-state index contributed by atoms with van der Waals surface area (Å²) in [6.45, 7) is 0.364. The fourth-order valence-electron chi connectivity index (χ4n) is 1.71. The van der Waals surface area contributed by atoms with Gasteiger partial charge in [0.2, 0.25) is 0 Å². The number of benzene rings is 1. The van der Waals surface area contributed by atoms with E-state index in [-0.39, 0.29) is 12.2 Å². The van der Waals surface area contributed by atoms with E-state index < -0.39 is 0 Å². The highest BCUT2D eigenvalue weighted by atomic mass is 79.9. The summed E-state index contributed by atoms with van der Waals surface area (Å²) in [5, 5.41) is 9.67. The number of pyridine rings is 1. The van der Waals surface area contributed by atoms with E-state index in [1.54, 1.807) is 29.0 Å². The second kappa shape index (κ2) is 5.69. The lowest BCUT2D eigenvalue weighted by atomic mass is 10.1. The van der Waals surface area contributed by atoms with E-state index in [9.17, 15) is 4.79 Å². The van der Waals surface area contributed by atoms with E-state index in [4.69, 9.17) is 16.7 Å². The molecule has 0 amide bonds. The van der Waals surface area contributed by atoms with Crippen LogP contribution in [-0.4, -0.2) is 9.67 Å². The topological polar surface area (TPSA) is 42.2 Å². The SMILES string of the molecule is O=c1cc(Br)ccn1Cc1cc(Cl)cc(CO)c1. The van der Waals surface area contributed by atoms with Crippen molar-refractivity contribution in [3.05, 3.63) is 67.5 Å². The highest BCUT2D eigenvalue weighted by Crippen LogP contribution is 2.16. The average molecular weight is 329 g/mol. The van der Waals surface area contributed by atoms with Crippen LogP contribution in [0.1, 0.15) is 11.1 Å². The van der Waals surface area contributed by atoms with Gasteiger partial charge < -0.3 is 9.67 Å². The van der Waals surface area contributed by atoms with Crippen LogP contribution >= 0.6 is 27.5 Å². The molecular formula is C13H11BrClNO2. The Morgan fingerprint density at radius 1 is 1.22 bits per heavy atom. The quantitative estimate of drug-likeness (QED) is 0.941. The second-order valence-electron chi connectivity index (χ2n) is 3.94. The highest BCUT2D eigenvalue weighted by Gasteiger charge is 2.02. The molecule has 0 spiro atoms. The first-order valence-electron chi connectivity index (χ1n) is 5.33. The van der Waals surface area contributed by atoms with Crippen LogP contribution in [0.4, 0.5) is 0 Å². The Balaban J connectivity index is 2.33. The maximum Gasteiger partial charge on any atom is 0.251 e. The zero-order chi connectivity index (χ0) is 13.1. The van der Waals surface area contributed by atoms with Gasteiger partial charge in [-0.05, 0) is 29.3 Å². The lowest BCUT2D eigenvalue weighted by molar-refractivity contribution is 0.281. The molecule has 0 unspecified atom stereocenters. The van der Waals surface area contributed by atoms with Gasteiger partial charge in [0, 0.05) is 21.8 Å². The Labute approximate surface area is 118 Å². The van der Waals surface area contributed by atoms with Crippen LogP contribution in [0, 0.1) is 0 Å². The molecule has 0 saturated carbocycles. The second-order valence-corrected chi connectivity index (χ2v) is 5.29. The number of hydrogen-bond acceptors (Lipinski definition) is 2. The van der Waals surface area contributed by atoms with E-state index >= 15 is 0 Å². The zero-order valence-electron chi connectivity index (χ0n) is 9.44. The summed E-state index contributed by atoms with van der Waals surface area (Å²) in [6.07, 6.45) is 1.71. The molecule has 0 atom stereocenters. The molecule has 1 aromatic heterocycles. The molecular weight excluding hydrogens is 318 g/mol. The first-order valence-corrected chi connectivity index (χ1v) is 6.51. The predicted molar refractivity (Wildman–Crippen MR) is 74.9 cm³/mol. The van der Waals surface area contributed by atoms with Crippen molar-refractivity contribution in [2.45, 2.75) is 13.2 Å². The molecule has 2 aromatic rings. The molecule has 2 rings (SSSR count). The van der Waals surface area contributed by atoms with Gasteiger partial charge in [0.1, 0.15) is 0 Å². The maximum atomic E-state index is 11.7. The zero-order valence-corrected chi connectivity index (χ0v) is 11.8. The Morgan fingerprint density at radius 3 is 2.61 bits per heavy atom. The third kappa shape index (κ3) is 3.22. The molecule has 0 aliphatic heterocycles. The van der Waals surface area contributed by atoms with Crippen molar-refractivity contribution < 1.29 is 5.11 Å². The average Bonchev–Trinajstić information content (AvgIpc) is 2.32. The molecule has 94 valence electrons. The molecule has 0 bridgehead atoms. The number of hydrogen-bond donors (Lipinski definition) is 1. The highest BCUT2D eigenvalue weighted by molar-refractivity contribution is 9.10. The van der Waals surface area contributed by atoms with Crippen molar-refractivity contribution in [1.82, 2.24) is 4.57 Å². The molecule has 1 aromatic carbocycles. The first kappa shape index (κ1) is 13.3. The van der Waals surface area contributed by atoms with Gasteiger partial charge in [-0.3, -0.25) is 4.79 Å². The molecule has 0 fully saturated rings. The van der Waals surface area contributed by atoms with Crippen LogP contribution in [0.2, 0.25) is 5.02 Å². The van der Waals surface area contributed by atoms with Gasteiger partial charge in [0.15, 0.2) is 0 Å². The molecule has 5 heteroatoms. The summed E-state index contributed by atoms with van der Waals surface area (Å²) in [5.74, 6) is 0. The summed E-state index contributed by atoms with van der Waals surface area (Å²) in [7, 11) is 0. The Bertz CT molecular complexity index is 625. The number of aromatic nitrogens is 1. The van der Waals surface area contributed by atoms with Crippen LogP contribution in [0.5, 0.6) is 0 Å². The summed E-state index contributed by atoms with van der Waals surface area (Å²) in [5.41, 5.74) is 1.54. The van der Waals surface area contributed by atoms with Crippen molar-refractivity contribution in [2.24, 2.45) is 0 Å². The maximum absolute atomic E-state index is 11.7. The minimum Gasteiger partial charge on any atom is -0.392 e. The Kier molecular flexibility index (Phi) is 4.22. The van der Waals surface area contributed by atoms with Gasteiger partial charge in [-0.2, -0.15) is 0 Å². The van der Waals surface area contributed by atoms with Crippen molar-refractivity contribution in [2.75, 3.05) is 0 Å². The van der Waals surface area contributed by atoms with Crippen molar-refractivity contribution >= 4 is 27.5 Å². The summed E-state index contributed by atoms with van der Waals surface area (Å²) in [6, 6.07) is 8.64. The first-order chi connectivity index (χ1) is 8.58. The fourth-order valence-corrected chi connectivity index (χ4v) is 2.31. The van der Waals surface area contributed by atoms with E-state index in [0.717, 1.165) is 15.6 Å². The third-order valence-corrected chi connectivity index (χ3v) is 3.22. The largest absolute Gasteiger partial charge is 0.392 e. The fraction of sp³-hybridized carbons (Fsp3) is 0.154. The van der Waals surface area contributed by atoms with Crippen molar-refractivity contribution in [3.8, 4) is 0 Å². The summed E-state index contributed by atoms with van der Waals surface area (Å²) in [4.78, 5) is 11.7. The number of aliphatic hydroxyl groups is 1. The lowest BCUT2D eigenvalue weighted by Gasteiger charge is -2.08. The number of aliphatic hydroxyl groups excluding tert-OH is 1. The predicted octanol–water partition coefficient (Wildman–Crippen LogP) is 2.80. The summed E-state index contributed by atoms with van der Waals surface area (Å²) < 4.78 is 2.34. The minimum absolute atomic E-state index is 0.0667. The van der Waals surface area contributed by atoms with Crippen LogP contribution in [0.3, 0.4) is 0 Å². The van der Waals surface area contributed by atoms with E-state index in [2.05, 4.69) is 15.9 Å². The monoisotopic (exact) mass is 327 g/mol. The van der Waals surface area contributed by atoms with Gasteiger partial charge in [-0.1, -0.05) is 33.6 Å². The van der Waals surface area contributed by atoms with E-state index in [1.165, 1.54) is 6.07 Å². The van der Waals surface area contributed by atoms with Gasteiger partial charge in [-0.25, -0.2) is 0 Å². The Hall–Kier alpha value is -1.10. The lowest BCUT2D eigenvalue weighted by Crippen LogP contribution is -2.18. The minimum atomic E-state index is -0.0881. The number of rotatable bonds is 3.